The molecule has 2 nitrogen and oxygen atoms in total. The summed E-state index contributed by atoms with van der Waals surface area (Å²) in [5.74, 6) is 0. The lowest BCUT2D eigenvalue weighted by Gasteiger charge is -2.26. The Labute approximate surface area is 106 Å². The normalized spacial score (nSPS) is 18.8. The second kappa shape index (κ2) is 4.47. The van der Waals surface area contributed by atoms with Gasteiger partial charge in [-0.3, -0.25) is 4.98 Å². The van der Waals surface area contributed by atoms with E-state index in [9.17, 15) is 0 Å². The Kier molecular flexibility index (Phi) is 2.83. The van der Waals surface area contributed by atoms with Crippen LogP contribution in [0.1, 0.15) is 22.9 Å². The van der Waals surface area contributed by atoms with Crippen LogP contribution in [0, 0.1) is 0 Å². The van der Waals surface area contributed by atoms with Gasteiger partial charge < -0.3 is 5.32 Å². The largest absolute Gasteiger partial charge is 0.305 e. The molecule has 2 heterocycles. The fraction of sp³-hybridized carbons (Fsp3) is 0.214. The van der Waals surface area contributed by atoms with Crippen LogP contribution in [-0.4, -0.2) is 11.5 Å². The van der Waals surface area contributed by atoms with Gasteiger partial charge in [-0.2, -0.15) is 0 Å². The van der Waals surface area contributed by atoms with Crippen molar-refractivity contribution in [3.63, 3.8) is 0 Å². The number of fused-ring (bicyclic) bond motifs is 1. The van der Waals surface area contributed by atoms with Crippen LogP contribution in [0.2, 0.25) is 5.02 Å². The van der Waals surface area contributed by atoms with E-state index in [0.717, 1.165) is 23.7 Å². The number of nitrogens with zero attached hydrogens (tertiary/aromatic N) is 1. The van der Waals surface area contributed by atoms with E-state index < -0.39 is 0 Å². The molecule has 3 heteroatoms. The molecular weight excluding hydrogens is 232 g/mol. The number of aromatic nitrogens is 1. The molecule has 1 aromatic carbocycles. The SMILES string of the molecule is Clc1ccnc(C2NCCc3ccccc32)c1. The van der Waals surface area contributed by atoms with E-state index in [0.29, 0.717) is 0 Å². The Hall–Kier alpha value is -1.38. The minimum absolute atomic E-state index is 0.165. The van der Waals surface area contributed by atoms with Crippen LogP contribution in [0.3, 0.4) is 0 Å². The minimum Gasteiger partial charge on any atom is -0.305 e. The molecule has 1 atom stereocenters. The van der Waals surface area contributed by atoms with Crippen molar-refractivity contribution in [2.45, 2.75) is 12.5 Å². The van der Waals surface area contributed by atoms with Crippen molar-refractivity contribution in [3.05, 3.63) is 64.4 Å². The molecule has 0 fully saturated rings. The van der Waals surface area contributed by atoms with E-state index >= 15 is 0 Å². The first-order valence-corrected chi connectivity index (χ1v) is 6.15. The summed E-state index contributed by atoms with van der Waals surface area (Å²) >= 11 is 6.02. The van der Waals surface area contributed by atoms with E-state index in [1.165, 1.54) is 11.1 Å². The lowest BCUT2D eigenvalue weighted by atomic mass is 9.92. The predicted molar refractivity (Wildman–Crippen MR) is 69.2 cm³/mol. The molecule has 1 unspecified atom stereocenters. The van der Waals surface area contributed by atoms with Crippen molar-refractivity contribution in [1.29, 1.82) is 0 Å². The Morgan fingerprint density at radius 3 is 3.00 bits per heavy atom. The van der Waals surface area contributed by atoms with E-state index in [-0.39, 0.29) is 6.04 Å². The van der Waals surface area contributed by atoms with E-state index in [1.807, 2.05) is 6.07 Å². The van der Waals surface area contributed by atoms with Crippen molar-refractivity contribution in [1.82, 2.24) is 10.3 Å². The van der Waals surface area contributed by atoms with Crippen LogP contribution >= 0.6 is 11.6 Å². The van der Waals surface area contributed by atoms with Crippen molar-refractivity contribution >= 4 is 11.6 Å². The summed E-state index contributed by atoms with van der Waals surface area (Å²) in [6.07, 6.45) is 2.84. The molecule has 0 radical (unpaired) electrons. The van der Waals surface area contributed by atoms with Gasteiger partial charge in [0.2, 0.25) is 0 Å². The molecule has 0 spiro atoms. The van der Waals surface area contributed by atoms with Gasteiger partial charge in [-0.1, -0.05) is 35.9 Å². The predicted octanol–water partition coefficient (Wildman–Crippen LogP) is 2.97. The summed E-state index contributed by atoms with van der Waals surface area (Å²) in [4.78, 5) is 4.42. The Morgan fingerprint density at radius 2 is 2.12 bits per heavy atom. The number of hydrogen-bond donors (Lipinski definition) is 1. The summed E-state index contributed by atoms with van der Waals surface area (Å²) in [6, 6.07) is 12.4. The molecule has 0 bridgehead atoms. The van der Waals surface area contributed by atoms with Crippen molar-refractivity contribution in [3.8, 4) is 0 Å². The summed E-state index contributed by atoms with van der Waals surface area (Å²) < 4.78 is 0. The Morgan fingerprint density at radius 1 is 1.24 bits per heavy atom. The third-order valence-corrected chi connectivity index (χ3v) is 3.38. The summed E-state index contributed by atoms with van der Waals surface area (Å²) in [6.45, 7) is 0.982. The topological polar surface area (TPSA) is 24.9 Å². The number of benzene rings is 1. The number of pyridine rings is 1. The summed E-state index contributed by atoms with van der Waals surface area (Å²) in [5, 5.41) is 4.23. The highest BCUT2D eigenvalue weighted by atomic mass is 35.5. The Bertz CT molecular complexity index is 539. The third-order valence-electron chi connectivity index (χ3n) is 3.15. The maximum Gasteiger partial charge on any atom is 0.0754 e. The van der Waals surface area contributed by atoms with Gasteiger partial charge >= 0.3 is 0 Å². The molecule has 0 saturated carbocycles. The lowest BCUT2D eigenvalue weighted by molar-refractivity contribution is 0.557. The average Bonchev–Trinajstić information content (AvgIpc) is 2.38. The van der Waals surface area contributed by atoms with Gasteiger partial charge in [0.25, 0.3) is 0 Å². The van der Waals surface area contributed by atoms with Gasteiger partial charge in [-0.25, -0.2) is 0 Å². The van der Waals surface area contributed by atoms with Crippen LogP contribution in [-0.2, 0) is 6.42 Å². The molecule has 0 aliphatic carbocycles. The van der Waals surface area contributed by atoms with Crippen LogP contribution < -0.4 is 5.32 Å². The van der Waals surface area contributed by atoms with Crippen LogP contribution in [0.15, 0.2) is 42.6 Å². The van der Waals surface area contributed by atoms with Crippen LogP contribution in [0.4, 0.5) is 0 Å². The van der Waals surface area contributed by atoms with Crippen LogP contribution in [0.5, 0.6) is 0 Å². The second-order valence-electron chi connectivity index (χ2n) is 4.23. The fourth-order valence-electron chi connectivity index (χ4n) is 2.35. The number of halogens is 1. The molecule has 1 aromatic heterocycles. The molecule has 1 N–H and O–H groups in total. The van der Waals surface area contributed by atoms with Crippen molar-refractivity contribution in [2.24, 2.45) is 0 Å². The van der Waals surface area contributed by atoms with Gasteiger partial charge in [0.15, 0.2) is 0 Å². The highest BCUT2D eigenvalue weighted by Crippen LogP contribution is 2.28. The highest BCUT2D eigenvalue weighted by Gasteiger charge is 2.21. The molecule has 2 aromatic rings. The van der Waals surface area contributed by atoms with Gasteiger partial charge in [-0.15, -0.1) is 0 Å². The first-order valence-electron chi connectivity index (χ1n) is 5.77. The lowest BCUT2D eigenvalue weighted by Crippen LogP contribution is -2.31. The molecule has 0 saturated heterocycles. The first-order chi connectivity index (χ1) is 8.34. The van der Waals surface area contributed by atoms with Gasteiger partial charge in [0.05, 0.1) is 11.7 Å². The average molecular weight is 245 g/mol. The molecular formula is C14H13ClN2. The zero-order valence-corrected chi connectivity index (χ0v) is 10.1. The maximum atomic E-state index is 6.02. The molecule has 17 heavy (non-hydrogen) atoms. The first kappa shape index (κ1) is 10.8. The quantitative estimate of drug-likeness (QED) is 0.834. The summed E-state index contributed by atoms with van der Waals surface area (Å²) in [7, 11) is 0. The zero-order valence-electron chi connectivity index (χ0n) is 9.36. The maximum absolute atomic E-state index is 6.02. The van der Waals surface area contributed by atoms with Crippen LogP contribution in [0.25, 0.3) is 0 Å². The fourth-order valence-corrected chi connectivity index (χ4v) is 2.52. The minimum atomic E-state index is 0.165. The number of hydrogen-bond acceptors (Lipinski definition) is 2. The van der Waals surface area contributed by atoms with E-state index in [4.69, 9.17) is 11.6 Å². The molecule has 1 aliphatic heterocycles. The van der Waals surface area contributed by atoms with Gasteiger partial charge in [-0.05, 0) is 29.7 Å². The third kappa shape index (κ3) is 2.06. The second-order valence-corrected chi connectivity index (χ2v) is 4.67. The van der Waals surface area contributed by atoms with Gasteiger partial charge in [0, 0.05) is 17.8 Å². The Balaban J connectivity index is 2.06. The van der Waals surface area contributed by atoms with E-state index in [1.54, 1.807) is 12.3 Å². The standard InChI is InChI=1S/C14H13ClN2/c15-11-6-8-16-13(9-11)14-12-4-2-1-3-10(12)5-7-17-14/h1-4,6,8-9,14,17H,5,7H2. The number of nitrogens with one attached hydrogen (secondary N) is 1. The smallest absolute Gasteiger partial charge is 0.0754 e. The molecule has 3 rings (SSSR count). The molecule has 86 valence electrons. The number of rotatable bonds is 1. The monoisotopic (exact) mass is 244 g/mol. The van der Waals surface area contributed by atoms with E-state index in [2.05, 4.69) is 34.6 Å². The highest BCUT2D eigenvalue weighted by molar-refractivity contribution is 6.30. The van der Waals surface area contributed by atoms with Gasteiger partial charge in [0.1, 0.15) is 0 Å². The molecule has 0 amide bonds. The van der Waals surface area contributed by atoms with Crippen molar-refractivity contribution < 1.29 is 0 Å². The molecule has 1 aliphatic rings. The zero-order chi connectivity index (χ0) is 11.7. The summed E-state index contributed by atoms with van der Waals surface area (Å²) in [5.41, 5.74) is 3.70. The van der Waals surface area contributed by atoms with Crippen molar-refractivity contribution in [2.75, 3.05) is 6.54 Å².